The normalized spacial score (nSPS) is 18.2. The molecule has 0 N–H and O–H groups in total. The standard InChI is InChI=1S/C10H15N3O3/c1-2-3-4-5-8-6-12-7-9(13(14)15)11-10(12)16-8/h7-8H,2-6H2,1H3/t8-/m1/s1. The molecule has 0 amide bonds. The average Bonchev–Trinajstić information content (AvgIpc) is 2.75. The topological polar surface area (TPSA) is 70.2 Å². The highest BCUT2D eigenvalue weighted by molar-refractivity contribution is 5.22. The van der Waals surface area contributed by atoms with Gasteiger partial charge >= 0.3 is 11.8 Å². The number of ether oxygens (including phenoxy) is 1. The second kappa shape index (κ2) is 4.51. The third kappa shape index (κ3) is 2.15. The zero-order chi connectivity index (χ0) is 11.5. The molecular weight excluding hydrogens is 210 g/mol. The van der Waals surface area contributed by atoms with Crippen LogP contribution in [0.3, 0.4) is 0 Å². The van der Waals surface area contributed by atoms with Crippen LogP contribution in [-0.4, -0.2) is 20.6 Å². The van der Waals surface area contributed by atoms with E-state index in [1.165, 1.54) is 19.0 Å². The predicted octanol–water partition coefficient (Wildman–Crippen LogP) is 2.13. The van der Waals surface area contributed by atoms with Gasteiger partial charge in [-0.25, -0.2) is 0 Å². The van der Waals surface area contributed by atoms with Crippen LogP contribution < -0.4 is 4.74 Å². The third-order valence-corrected chi connectivity index (χ3v) is 2.72. The predicted molar refractivity (Wildman–Crippen MR) is 57.4 cm³/mol. The summed E-state index contributed by atoms with van der Waals surface area (Å²) in [4.78, 5) is 13.8. The first-order valence-corrected chi connectivity index (χ1v) is 5.59. The van der Waals surface area contributed by atoms with Gasteiger partial charge in [-0.05, 0) is 17.8 Å². The maximum atomic E-state index is 10.5. The van der Waals surface area contributed by atoms with Crippen molar-refractivity contribution in [2.75, 3.05) is 0 Å². The number of hydrogen-bond donors (Lipinski definition) is 0. The first-order chi connectivity index (χ1) is 7.70. The van der Waals surface area contributed by atoms with Gasteiger partial charge < -0.3 is 14.9 Å². The van der Waals surface area contributed by atoms with Gasteiger partial charge in [0.25, 0.3) is 0 Å². The van der Waals surface area contributed by atoms with Gasteiger partial charge in [0.1, 0.15) is 12.3 Å². The lowest BCUT2D eigenvalue weighted by molar-refractivity contribution is -0.389. The molecule has 0 spiro atoms. The molecule has 0 saturated carbocycles. The molecule has 88 valence electrons. The lowest BCUT2D eigenvalue weighted by Crippen LogP contribution is -2.14. The monoisotopic (exact) mass is 225 g/mol. The van der Waals surface area contributed by atoms with Crippen LogP contribution in [0.2, 0.25) is 0 Å². The molecule has 0 fully saturated rings. The molecule has 6 nitrogen and oxygen atoms in total. The fraction of sp³-hybridized carbons (Fsp3) is 0.700. The first kappa shape index (κ1) is 10.9. The van der Waals surface area contributed by atoms with Crippen molar-refractivity contribution in [3.63, 3.8) is 0 Å². The van der Waals surface area contributed by atoms with Crippen molar-refractivity contribution >= 4 is 5.82 Å². The molecule has 1 aliphatic rings. The van der Waals surface area contributed by atoms with Crippen molar-refractivity contribution in [3.8, 4) is 6.01 Å². The van der Waals surface area contributed by atoms with Crippen molar-refractivity contribution in [2.45, 2.75) is 45.3 Å². The summed E-state index contributed by atoms with van der Waals surface area (Å²) in [6.07, 6.45) is 6.08. The van der Waals surface area contributed by atoms with E-state index in [9.17, 15) is 10.1 Å². The van der Waals surface area contributed by atoms with Crippen LogP contribution in [0.15, 0.2) is 6.20 Å². The fourth-order valence-corrected chi connectivity index (χ4v) is 1.88. The number of nitro groups is 1. The summed E-state index contributed by atoms with van der Waals surface area (Å²) in [7, 11) is 0. The lowest BCUT2D eigenvalue weighted by Gasteiger charge is -2.06. The summed E-state index contributed by atoms with van der Waals surface area (Å²) in [6, 6.07) is 0.383. The number of imidazole rings is 1. The molecule has 2 heterocycles. The van der Waals surface area contributed by atoms with Crippen LogP contribution >= 0.6 is 0 Å². The average molecular weight is 225 g/mol. The number of aromatic nitrogens is 2. The Hall–Kier alpha value is -1.59. The minimum Gasteiger partial charge on any atom is -0.441 e. The van der Waals surface area contributed by atoms with E-state index in [4.69, 9.17) is 4.74 Å². The van der Waals surface area contributed by atoms with Crippen molar-refractivity contribution in [1.82, 2.24) is 9.55 Å². The largest absolute Gasteiger partial charge is 0.441 e. The molecule has 1 aromatic rings. The van der Waals surface area contributed by atoms with Gasteiger partial charge in [-0.15, -0.1) is 0 Å². The Morgan fingerprint density at radius 3 is 3.12 bits per heavy atom. The maximum absolute atomic E-state index is 10.5. The van der Waals surface area contributed by atoms with E-state index in [1.54, 1.807) is 4.57 Å². The number of hydrogen-bond acceptors (Lipinski definition) is 4. The van der Waals surface area contributed by atoms with Crippen LogP contribution in [0, 0.1) is 10.1 Å². The molecule has 6 heteroatoms. The Morgan fingerprint density at radius 2 is 2.50 bits per heavy atom. The lowest BCUT2D eigenvalue weighted by atomic mass is 10.1. The van der Waals surface area contributed by atoms with Crippen LogP contribution in [-0.2, 0) is 6.54 Å². The Kier molecular flexibility index (Phi) is 3.07. The summed E-state index contributed by atoms with van der Waals surface area (Å²) in [6.45, 7) is 2.84. The molecule has 0 bridgehead atoms. The number of rotatable bonds is 5. The summed E-state index contributed by atoms with van der Waals surface area (Å²) < 4.78 is 7.25. The van der Waals surface area contributed by atoms with Crippen LogP contribution in [0.1, 0.15) is 32.6 Å². The Bertz CT molecular complexity index is 365. The second-order valence-corrected chi connectivity index (χ2v) is 4.03. The molecule has 0 aromatic carbocycles. The van der Waals surface area contributed by atoms with Crippen molar-refractivity contribution in [1.29, 1.82) is 0 Å². The highest BCUT2D eigenvalue weighted by Crippen LogP contribution is 2.26. The molecule has 1 atom stereocenters. The van der Waals surface area contributed by atoms with Crippen molar-refractivity contribution in [2.24, 2.45) is 0 Å². The molecule has 0 saturated heterocycles. The van der Waals surface area contributed by atoms with Gasteiger partial charge in [0, 0.05) is 4.98 Å². The summed E-state index contributed by atoms with van der Waals surface area (Å²) in [5, 5.41) is 10.5. The summed E-state index contributed by atoms with van der Waals surface area (Å²) in [5.41, 5.74) is 0. The smallest absolute Gasteiger partial charge is 0.414 e. The minimum atomic E-state index is -0.499. The second-order valence-electron chi connectivity index (χ2n) is 4.03. The molecule has 1 aromatic heterocycles. The van der Waals surface area contributed by atoms with Gasteiger partial charge in [-0.3, -0.25) is 4.57 Å². The first-order valence-electron chi connectivity index (χ1n) is 5.59. The molecule has 0 unspecified atom stereocenters. The molecule has 0 aliphatic carbocycles. The van der Waals surface area contributed by atoms with Crippen LogP contribution in [0.25, 0.3) is 0 Å². The molecule has 0 radical (unpaired) electrons. The van der Waals surface area contributed by atoms with E-state index >= 15 is 0 Å². The molecular formula is C10H15N3O3. The number of unbranched alkanes of at least 4 members (excludes halogenated alkanes) is 2. The maximum Gasteiger partial charge on any atom is 0.414 e. The molecule has 1 aliphatic heterocycles. The van der Waals surface area contributed by atoms with E-state index in [2.05, 4.69) is 11.9 Å². The van der Waals surface area contributed by atoms with E-state index in [0.29, 0.717) is 12.6 Å². The van der Waals surface area contributed by atoms with Crippen molar-refractivity contribution in [3.05, 3.63) is 16.3 Å². The third-order valence-electron chi connectivity index (χ3n) is 2.72. The zero-order valence-electron chi connectivity index (χ0n) is 9.26. The van der Waals surface area contributed by atoms with Gasteiger partial charge in [-0.1, -0.05) is 19.8 Å². The zero-order valence-corrected chi connectivity index (χ0v) is 9.26. The van der Waals surface area contributed by atoms with Crippen molar-refractivity contribution < 1.29 is 9.66 Å². The number of nitrogens with zero attached hydrogens (tertiary/aromatic N) is 3. The van der Waals surface area contributed by atoms with E-state index in [1.807, 2.05) is 0 Å². The molecule has 16 heavy (non-hydrogen) atoms. The fourth-order valence-electron chi connectivity index (χ4n) is 1.88. The Morgan fingerprint density at radius 1 is 1.69 bits per heavy atom. The van der Waals surface area contributed by atoms with Gasteiger partial charge in [-0.2, -0.15) is 0 Å². The Labute approximate surface area is 93.4 Å². The highest BCUT2D eigenvalue weighted by Gasteiger charge is 2.30. The summed E-state index contributed by atoms with van der Waals surface area (Å²) >= 11 is 0. The van der Waals surface area contributed by atoms with Gasteiger partial charge in [0.2, 0.25) is 0 Å². The van der Waals surface area contributed by atoms with Gasteiger partial charge in [0.05, 0.1) is 6.54 Å². The van der Waals surface area contributed by atoms with Gasteiger partial charge in [0.15, 0.2) is 0 Å². The SMILES string of the molecule is CCCCC[C@@H]1Cn2cc([N+](=O)[O-])nc2O1. The summed E-state index contributed by atoms with van der Waals surface area (Å²) in [5.74, 6) is -0.137. The quantitative estimate of drug-likeness (QED) is 0.437. The highest BCUT2D eigenvalue weighted by atomic mass is 16.6. The van der Waals surface area contributed by atoms with E-state index in [0.717, 1.165) is 12.8 Å². The Balaban J connectivity index is 1.90. The van der Waals surface area contributed by atoms with Crippen LogP contribution in [0.4, 0.5) is 5.82 Å². The number of fused-ring (bicyclic) bond motifs is 1. The van der Waals surface area contributed by atoms with E-state index < -0.39 is 4.92 Å². The van der Waals surface area contributed by atoms with E-state index in [-0.39, 0.29) is 11.9 Å². The molecule has 2 rings (SSSR count). The minimum absolute atomic E-state index is 0.134. The van der Waals surface area contributed by atoms with Crippen LogP contribution in [0.5, 0.6) is 6.01 Å².